The highest BCUT2D eigenvalue weighted by atomic mass is 19.1. The molecular formula is C20H17F2N3O4. The zero-order valence-electron chi connectivity index (χ0n) is 15.6. The van der Waals surface area contributed by atoms with Crippen molar-refractivity contribution in [2.75, 3.05) is 12.4 Å². The Balaban J connectivity index is 1.72. The summed E-state index contributed by atoms with van der Waals surface area (Å²) in [6, 6.07) is 9.48. The number of nitrogens with zero attached hydrogens (tertiary/aromatic N) is 2. The van der Waals surface area contributed by atoms with Gasteiger partial charge in [-0.3, -0.25) is 9.48 Å². The summed E-state index contributed by atoms with van der Waals surface area (Å²) in [5.74, 6) is -2.76. The Hall–Kier alpha value is -3.75. The molecule has 0 saturated heterocycles. The zero-order chi connectivity index (χ0) is 21.0. The molecule has 2 aromatic carbocycles. The van der Waals surface area contributed by atoms with E-state index in [2.05, 4.69) is 15.2 Å². The predicted octanol–water partition coefficient (Wildman–Crippen LogP) is 3.32. The van der Waals surface area contributed by atoms with E-state index in [1.807, 2.05) is 0 Å². The first kappa shape index (κ1) is 20.0. The number of aryl methyl sites for hydroxylation is 1. The van der Waals surface area contributed by atoms with Crippen molar-refractivity contribution in [3.63, 3.8) is 0 Å². The van der Waals surface area contributed by atoms with Crippen LogP contribution < -0.4 is 10.1 Å². The summed E-state index contributed by atoms with van der Waals surface area (Å²) in [6.45, 7) is -0.0238. The number of hydrogen-bond donors (Lipinski definition) is 1. The molecule has 0 saturated carbocycles. The molecule has 3 aromatic rings. The lowest BCUT2D eigenvalue weighted by atomic mass is 10.1. The molecule has 0 unspecified atom stereocenters. The third kappa shape index (κ3) is 4.75. The smallest absolute Gasteiger partial charge is 0.360 e. The Morgan fingerprint density at radius 3 is 2.69 bits per heavy atom. The van der Waals surface area contributed by atoms with Gasteiger partial charge in [0.25, 0.3) is 5.91 Å². The van der Waals surface area contributed by atoms with E-state index in [1.54, 1.807) is 31.3 Å². The standard InChI is InChI=1S/C20H17F2N3O4/c1-25-10-16(18(24-25)20(27)28-2)23-19(26)13-5-3-4-12(8-13)11-29-17-7-6-14(21)9-15(17)22/h3-10H,11H2,1-2H3,(H,23,26). The molecule has 0 aliphatic rings. The van der Waals surface area contributed by atoms with E-state index in [0.717, 1.165) is 12.1 Å². The fraction of sp³-hybridized carbons (Fsp3) is 0.150. The number of nitrogens with one attached hydrogen (secondary N) is 1. The number of aromatic nitrogens is 2. The number of halogens is 2. The quantitative estimate of drug-likeness (QED) is 0.641. The average molecular weight is 401 g/mol. The molecular weight excluding hydrogens is 384 g/mol. The van der Waals surface area contributed by atoms with Gasteiger partial charge in [0.15, 0.2) is 17.3 Å². The van der Waals surface area contributed by atoms with Gasteiger partial charge in [-0.2, -0.15) is 5.10 Å². The van der Waals surface area contributed by atoms with Crippen LogP contribution in [0.1, 0.15) is 26.4 Å². The molecule has 1 N–H and O–H groups in total. The van der Waals surface area contributed by atoms with Crippen molar-refractivity contribution in [3.05, 3.63) is 77.1 Å². The maximum atomic E-state index is 13.7. The van der Waals surface area contributed by atoms with Gasteiger partial charge >= 0.3 is 5.97 Å². The number of rotatable bonds is 6. The van der Waals surface area contributed by atoms with Gasteiger partial charge in [-0.05, 0) is 29.8 Å². The van der Waals surface area contributed by atoms with E-state index >= 15 is 0 Å². The van der Waals surface area contributed by atoms with E-state index in [4.69, 9.17) is 4.74 Å². The van der Waals surface area contributed by atoms with E-state index in [0.29, 0.717) is 11.1 Å². The van der Waals surface area contributed by atoms with Crippen LogP contribution >= 0.6 is 0 Å². The zero-order valence-corrected chi connectivity index (χ0v) is 15.6. The first-order valence-electron chi connectivity index (χ1n) is 8.47. The normalized spacial score (nSPS) is 10.5. The van der Waals surface area contributed by atoms with Gasteiger partial charge in [0, 0.05) is 24.9 Å². The van der Waals surface area contributed by atoms with Crippen LogP contribution in [0, 0.1) is 11.6 Å². The van der Waals surface area contributed by atoms with Crippen LogP contribution in [0.3, 0.4) is 0 Å². The van der Waals surface area contributed by atoms with E-state index < -0.39 is 23.5 Å². The summed E-state index contributed by atoms with van der Waals surface area (Å²) in [5, 5.41) is 6.58. The molecule has 150 valence electrons. The minimum atomic E-state index is -0.814. The van der Waals surface area contributed by atoms with E-state index in [1.165, 1.54) is 24.1 Å². The van der Waals surface area contributed by atoms with Gasteiger partial charge in [0.05, 0.1) is 12.8 Å². The lowest BCUT2D eigenvalue weighted by molar-refractivity contribution is 0.0594. The Morgan fingerprint density at radius 2 is 1.97 bits per heavy atom. The van der Waals surface area contributed by atoms with Gasteiger partial charge in [-0.1, -0.05) is 12.1 Å². The molecule has 0 bridgehead atoms. The van der Waals surface area contributed by atoms with Crippen molar-refractivity contribution in [2.24, 2.45) is 7.05 Å². The minimum Gasteiger partial charge on any atom is -0.486 e. The van der Waals surface area contributed by atoms with E-state index in [9.17, 15) is 18.4 Å². The first-order chi connectivity index (χ1) is 13.9. The summed E-state index contributed by atoms with van der Waals surface area (Å²) >= 11 is 0. The number of benzene rings is 2. The number of carbonyl (C=O) groups excluding carboxylic acids is 2. The molecule has 3 rings (SSSR count). The highest BCUT2D eigenvalue weighted by molar-refractivity contribution is 6.07. The Bertz CT molecular complexity index is 1070. The van der Waals surface area contributed by atoms with Gasteiger partial charge in [-0.25, -0.2) is 13.6 Å². The summed E-state index contributed by atoms with van der Waals surface area (Å²) in [4.78, 5) is 24.3. The molecule has 1 aromatic heterocycles. The van der Waals surface area contributed by atoms with Gasteiger partial charge in [0.2, 0.25) is 0 Å². The molecule has 29 heavy (non-hydrogen) atoms. The van der Waals surface area contributed by atoms with Crippen molar-refractivity contribution < 1.29 is 27.8 Å². The molecule has 1 amide bonds. The Morgan fingerprint density at radius 1 is 1.17 bits per heavy atom. The number of amides is 1. The average Bonchev–Trinajstić information content (AvgIpc) is 3.07. The second-order valence-corrected chi connectivity index (χ2v) is 6.07. The Kier molecular flexibility index (Phi) is 5.87. The first-order valence-corrected chi connectivity index (χ1v) is 8.47. The number of esters is 1. The SMILES string of the molecule is COC(=O)c1nn(C)cc1NC(=O)c1cccc(COc2ccc(F)cc2F)c1. The van der Waals surface area contributed by atoms with Crippen molar-refractivity contribution in [3.8, 4) is 5.75 Å². The lowest BCUT2D eigenvalue weighted by Crippen LogP contribution is -2.15. The molecule has 0 atom stereocenters. The minimum absolute atomic E-state index is 0.0189. The summed E-state index contributed by atoms with van der Waals surface area (Å²) < 4.78 is 38.0. The van der Waals surface area contributed by atoms with Crippen LogP contribution in [-0.2, 0) is 18.4 Å². The van der Waals surface area contributed by atoms with Crippen LogP contribution in [0.2, 0.25) is 0 Å². The van der Waals surface area contributed by atoms with Crippen LogP contribution in [0.4, 0.5) is 14.5 Å². The highest BCUT2D eigenvalue weighted by Crippen LogP contribution is 2.20. The van der Waals surface area contributed by atoms with Crippen molar-refractivity contribution in [1.82, 2.24) is 9.78 Å². The Labute approximate surface area is 164 Å². The lowest BCUT2D eigenvalue weighted by Gasteiger charge is -2.09. The number of anilines is 1. The topological polar surface area (TPSA) is 82.5 Å². The maximum absolute atomic E-state index is 13.7. The molecule has 1 heterocycles. The summed E-state index contributed by atoms with van der Waals surface area (Å²) in [5.41, 5.74) is 1.08. The third-order valence-electron chi connectivity index (χ3n) is 3.93. The second-order valence-electron chi connectivity index (χ2n) is 6.07. The van der Waals surface area contributed by atoms with Crippen LogP contribution in [0.25, 0.3) is 0 Å². The second kappa shape index (κ2) is 8.51. The molecule has 0 aliphatic heterocycles. The fourth-order valence-corrected chi connectivity index (χ4v) is 2.58. The van der Waals surface area contributed by atoms with Crippen LogP contribution in [0.5, 0.6) is 5.75 Å². The predicted molar refractivity (Wildman–Crippen MR) is 99.6 cm³/mol. The van der Waals surface area contributed by atoms with Gasteiger partial charge in [0.1, 0.15) is 12.4 Å². The highest BCUT2D eigenvalue weighted by Gasteiger charge is 2.19. The van der Waals surface area contributed by atoms with Gasteiger partial charge < -0.3 is 14.8 Å². The number of ether oxygens (including phenoxy) is 2. The third-order valence-corrected chi connectivity index (χ3v) is 3.93. The molecule has 0 spiro atoms. The summed E-state index contributed by atoms with van der Waals surface area (Å²) in [6.07, 6.45) is 1.48. The van der Waals surface area contributed by atoms with Gasteiger partial charge in [-0.15, -0.1) is 0 Å². The summed E-state index contributed by atoms with van der Waals surface area (Å²) in [7, 11) is 2.82. The van der Waals surface area contributed by atoms with Crippen molar-refractivity contribution >= 4 is 17.6 Å². The van der Waals surface area contributed by atoms with Crippen molar-refractivity contribution in [1.29, 1.82) is 0 Å². The monoisotopic (exact) mass is 401 g/mol. The maximum Gasteiger partial charge on any atom is 0.360 e. The number of methoxy groups -OCH3 is 1. The van der Waals surface area contributed by atoms with Crippen LogP contribution in [0.15, 0.2) is 48.7 Å². The molecule has 9 heteroatoms. The molecule has 7 nitrogen and oxygen atoms in total. The van der Waals surface area contributed by atoms with Crippen LogP contribution in [-0.4, -0.2) is 28.8 Å². The number of hydrogen-bond acceptors (Lipinski definition) is 5. The fourth-order valence-electron chi connectivity index (χ4n) is 2.58. The van der Waals surface area contributed by atoms with E-state index in [-0.39, 0.29) is 23.7 Å². The largest absolute Gasteiger partial charge is 0.486 e. The molecule has 0 radical (unpaired) electrons. The molecule has 0 fully saturated rings. The van der Waals surface area contributed by atoms with Crippen molar-refractivity contribution in [2.45, 2.75) is 6.61 Å². The number of carbonyl (C=O) groups is 2. The molecule has 0 aliphatic carbocycles.